The van der Waals surface area contributed by atoms with Gasteiger partial charge in [0.1, 0.15) is 12.6 Å². The largest absolute Gasteiger partial charge is 0.375 e. The van der Waals surface area contributed by atoms with Crippen LogP contribution in [0.4, 0.5) is 0 Å². The molecule has 170 valence electrons. The van der Waals surface area contributed by atoms with Gasteiger partial charge < -0.3 is 21.1 Å². The fourth-order valence-electron chi connectivity index (χ4n) is 4.32. The molecule has 4 N–H and O–H groups in total. The first kappa shape index (κ1) is 23.5. The Balaban J connectivity index is 1.69. The number of carbonyl (C=O) groups excluding carboxylic acids is 3. The average molecular weight is 438 g/mol. The van der Waals surface area contributed by atoms with Crippen molar-refractivity contribution in [3.05, 3.63) is 71.3 Å². The smallest absolute Gasteiger partial charge is 0.246 e. The van der Waals surface area contributed by atoms with Gasteiger partial charge in [0.15, 0.2) is 0 Å². The highest BCUT2D eigenvalue weighted by Gasteiger charge is 2.34. The summed E-state index contributed by atoms with van der Waals surface area (Å²) in [6.07, 6.45) is 3.71. The van der Waals surface area contributed by atoms with Crippen molar-refractivity contribution in [3.8, 4) is 0 Å². The van der Waals surface area contributed by atoms with Crippen molar-refractivity contribution in [1.29, 1.82) is 0 Å². The normalized spacial score (nSPS) is 19.0. The molecule has 0 heterocycles. The summed E-state index contributed by atoms with van der Waals surface area (Å²) >= 11 is 0. The minimum Gasteiger partial charge on any atom is -0.375 e. The second-order valence-corrected chi connectivity index (χ2v) is 8.20. The molecule has 0 spiro atoms. The first-order chi connectivity index (χ1) is 15.5. The van der Waals surface area contributed by atoms with Crippen molar-refractivity contribution in [2.24, 2.45) is 11.7 Å². The molecule has 2 aromatic carbocycles. The zero-order valence-electron chi connectivity index (χ0n) is 18.4. The maximum atomic E-state index is 13.2. The lowest BCUT2D eigenvalue weighted by Crippen LogP contribution is -2.42. The zero-order valence-corrected chi connectivity index (χ0v) is 18.4. The number of amides is 3. The number of methoxy groups -OCH3 is 1. The van der Waals surface area contributed by atoms with E-state index in [2.05, 4.69) is 10.6 Å². The van der Waals surface area contributed by atoms with Gasteiger partial charge >= 0.3 is 0 Å². The SMILES string of the molecule is COCC(=O)NCc1ccc(C2CCCCC2C(=O)NC(C(N)=O)c2ccccc2)cc1. The quantitative estimate of drug-likeness (QED) is 0.560. The Labute approximate surface area is 188 Å². The van der Waals surface area contributed by atoms with Crippen molar-refractivity contribution in [2.75, 3.05) is 13.7 Å². The molecule has 0 bridgehead atoms. The Morgan fingerprint density at radius 2 is 1.72 bits per heavy atom. The predicted molar refractivity (Wildman–Crippen MR) is 121 cm³/mol. The minimum atomic E-state index is -0.843. The number of hydrogen-bond acceptors (Lipinski definition) is 4. The first-order valence-corrected chi connectivity index (χ1v) is 11.0. The van der Waals surface area contributed by atoms with E-state index in [1.54, 1.807) is 12.1 Å². The second-order valence-electron chi connectivity index (χ2n) is 8.20. The lowest BCUT2D eigenvalue weighted by molar-refractivity contribution is -0.131. The van der Waals surface area contributed by atoms with Crippen LogP contribution in [0.25, 0.3) is 0 Å². The van der Waals surface area contributed by atoms with Crippen LogP contribution in [0, 0.1) is 5.92 Å². The van der Waals surface area contributed by atoms with Gasteiger partial charge in [0.05, 0.1) is 0 Å². The average Bonchev–Trinajstić information content (AvgIpc) is 2.82. The third-order valence-corrected chi connectivity index (χ3v) is 5.98. The lowest BCUT2D eigenvalue weighted by Gasteiger charge is -2.32. The Morgan fingerprint density at radius 3 is 2.38 bits per heavy atom. The van der Waals surface area contributed by atoms with Gasteiger partial charge in [0.2, 0.25) is 17.7 Å². The molecular formula is C25H31N3O4. The Bertz CT molecular complexity index is 915. The van der Waals surface area contributed by atoms with Gasteiger partial charge in [-0.15, -0.1) is 0 Å². The second kappa shape index (κ2) is 11.4. The van der Waals surface area contributed by atoms with Gasteiger partial charge in [-0.1, -0.05) is 67.4 Å². The van der Waals surface area contributed by atoms with Crippen molar-refractivity contribution in [1.82, 2.24) is 10.6 Å². The minimum absolute atomic E-state index is 0.0340. The number of nitrogens with one attached hydrogen (secondary N) is 2. The molecule has 0 aliphatic heterocycles. The Kier molecular flexibility index (Phi) is 8.39. The van der Waals surface area contributed by atoms with Gasteiger partial charge in [-0.2, -0.15) is 0 Å². The van der Waals surface area contributed by atoms with Gasteiger partial charge in [-0.25, -0.2) is 0 Å². The first-order valence-electron chi connectivity index (χ1n) is 11.0. The van der Waals surface area contributed by atoms with Crippen molar-refractivity contribution < 1.29 is 19.1 Å². The van der Waals surface area contributed by atoms with Crippen molar-refractivity contribution >= 4 is 17.7 Å². The van der Waals surface area contributed by atoms with Crippen LogP contribution >= 0.6 is 0 Å². The Hall–Kier alpha value is -3.19. The molecule has 3 amide bonds. The number of rotatable bonds is 9. The van der Waals surface area contributed by atoms with E-state index >= 15 is 0 Å². The van der Waals surface area contributed by atoms with Crippen molar-refractivity contribution in [2.45, 2.75) is 44.2 Å². The predicted octanol–water partition coefficient (Wildman–Crippen LogP) is 2.57. The fourth-order valence-corrected chi connectivity index (χ4v) is 4.32. The van der Waals surface area contributed by atoms with E-state index in [0.717, 1.165) is 36.8 Å². The summed E-state index contributed by atoms with van der Waals surface area (Å²) in [5, 5.41) is 5.69. The maximum absolute atomic E-state index is 13.2. The summed E-state index contributed by atoms with van der Waals surface area (Å²) in [6, 6.07) is 16.2. The third kappa shape index (κ3) is 6.17. The van der Waals surface area contributed by atoms with Crippen LogP contribution in [0.3, 0.4) is 0 Å². The molecule has 1 aliphatic rings. The van der Waals surface area contributed by atoms with E-state index in [9.17, 15) is 14.4 Å². The molecule has 3 rings (SSSR count). The number of nitrogens with two attached hydrogens (primary N) is 1. The molecule has 2 aromatic rings. The van der Waals surface area contributed by atoms with E-state index in [-0.39, 0.29) is 30.3 Å². The van der Waals surface area contributed by atoms with Gasteiger partial charge in [-0.05, 0) is 35.4 Å². The highest BCUT2D eigenvalue weighted by Crippen LogP contribution is 2.38. The van der Waals surface area contributed by atoms with Gasteiger partial charge in [-0.3, -0.25) is 14.4 Å². The van der Waals surface area contributed by atoms with Crippen LogP contribution in [-0.4, -0.2) is 31.4 Å². The molecule has 0 aromatic heterocycles. The summed E-state index contributed by atoms with van der Waals surface area (Å²) in [4.78, 5) is 36.8. The van der Waals surface area contributed by atoms with Gasteiger partial charge in [0, 0.05) is 19.6 Å². The number of ether oxygens (including phenoxy) is 1. The number of benzene rings is 2. The molecule has 1 saturated carbocycles. The molecule has 0 radical (unpaired) electrons. The summed E-state index contributed by atoms with van der Waals surface area (Å²) in [6.45, 7) is 0.459. The molecule has 7 nitrogen and oxygen atoms in total. The summed E-state index contributed by atoms with van der Waals surface area (Å²) in [7, 11) is 1.48. The van der Waals surface area contributed by atoms with E-state index in [1.807, 2.05) is 42.5 Å². The number of primary amides is 1. The highest BCUT2D eigenvalue weighted by molar-refractivity contribution is 5.89. The number of carbonyl (C=O) groups is 3. The summed E-state index contributed by atoms with van der Waals surface area (Å²) in [5.74, 6) is -1.02. The van der Waals surface area contributed by atoms with Crippen LogP contribution in [0.2, 0.25) is 0 Å². The molecule has 1 aliphatic carbocycles. The molecule has 32 heavy (non-hydrogen) atoms. The molecular weight excluding hydrogens is 406 g/mol. The monoisotopic (exact) mass is 437 g/mol. The van der Waals surface area contributed by atoms with Crippen LogP contribution in [0.5, 0.6) is 0 Å². The lowest BCUT2D eigenvalue weighted by atomic mass is 9.74. The van der Waals surface area contributed by atoms with Crippen LogP contribution in [0.1, 0.15) is 54.3 Å². The highest BCUT2D eigenvalue weighted by atomic mass is 16.5. The summed E-state index contributed by atoms with van der Waals surface area (Å²) in [5.41, 5.74) is 8.34. The topological polar surface area (TPSA) is 111 Å². The van der Waals surface area contributed by atoms with Crippen molar-refractivity contribution in [3.63, 3.8) is 0 Å². The number of hydrogen-bond donors (Lipinski definition) is 3. The molecule has 0 saturated heterocycles. The molecule has 7 heteroatoms. The molecule has 1 fully saturated rings. The Morgan fingerprint density at radius 1 is 1.03 bits per heavy atom. The van der Waals surface area contributed by atoms with E-state index < -0.39 is 11.9 Å². The van der Waals surface area contributed by atoms with E-state index in [1.165, 1.54) is 7.11 Å². The van der Waals surface area contributed by atoms with Gasteiger partial charge in [0.25, 0.3) is 0 Å². The molecule has 3 unspecified atom stereocenters. The maximum Gasteiger partial charge on any atom is 0.246 e. The summed E-state index contributed by atoms with van der Waals surface area (Å²) < 4.78 is 4.82. The van der Waals surface area contributed by atoms with E-state index in [4.69, 9.17) is 10.5 Å². The van der Waals surface area contributed by atoms with Crippen LogP contribution < -0.4 is 16.4 Å². The molecule has 3 atom stereocenters. The zero-order chi connectivity index (χ0) is 22.9. The van der Waals surface area contributed by atoms with E-state index in [0.29, 0.717) is 12.1 Å². The third-order valence-electron chi connectivity index (χ3n) is 5.98. The van der Waals surface area contributed by atoms with Crippen LogP contribution in [0.15, 0.2) is 54.6 Å². The standard InChI is InChI=1S/C25H31N3O4/c1-32-16-22(29)27-15-17-11-13-18(14-12-17)20-9-5-6-10-21(20)25(31)28-23(24(26)30)19-7-3-2-4-8-19/h2-4,7-8,11-14,20-21,23H,5-6,9-10,15-16H2,1H3,(H2,26,30)(H,27,29)(H,28,31). The fraction of sp³-hybridized carbons (Fsp3) is 0.400. The van der Waals surface area contributed by atoms with Crippen LogP contribution in [-0.2, 0) is 25.7 Å².